The topological polar surface area (TPSA) is 12.9 Å². The number of terminal acetylenes is 1. The van der Waals surface area contributed by atoms with Gasteiger partial charge < -0.3 is 0 Å². The first-order chi connectivity index (χ1) is 6.72. The Morgan fingerprint density at radius 2 is 2.43 bits per heavy atom. The molecule has 0 aliphatic heterocycles. The van der Waals surface area contributed by atoms with Gasteiger partial charge in [-0.1, -0.05) is 12.5 Å². The van der Waals surface area contributed by atoms with Gasteiger partial charge in [-0.2, -0.15) is 0 Å². The van der Waals surface area contributed by atoms with Crippen molar-refractivity contribution in [1.29, 1.82) is 0 Å². The molecule has 0 saturated heterocycles. The van der Waals surface area contributed by atoms with Crippen LogP contribution in [-0.2, 0) is 0 Å². The van der Waals surface area contributed by atoms with Gasteiger partial charge in [-0.05, 0) is 37.2 Å². The SMILES string of the molecule is C#Cc1nc(C2=C(C)[C@@H](C)CC2)cs1. The number of thiazole rings is 1. The molecule has 0 saturated carbocycles. The van der Waals surface area contributed by atoms with Crippen LogP contribution < -0.4 is 0 Å². The zero-order valence-electron chi connectivity index (χ0n) is 8.50. The van der Waals surface area contributed by atoms with Crippen molar-refractivity contribution in [2.75, 3.05) is 0 Å². The minimum absolute atomic E-state index is 0.709. The first-order valence-corrected chi connectivity index (χ1v) is 5.72. The van der Waals surface area contributed by atoms with Crippen LogP contribution in [0, 0.1) is 18.3 Å². The summed E-state index contributed by atoms with van der Waals surface area (Å²) in [5.41, 5.74) is 4.00. The Kier molecular flexibility index (Phi) is 2.43. The minimum atomic E-state index is 0.709. The number of nitrogens with zero attached hydrogens (tertiary/aromatic N) is 1. The number of allylic oxidation sites excluding steroid dienone is 2. The molecular formula is C12H13NS. The Morgan fingerprint density at radius 1 is 1.64 bits per heavy atom. The molecule has 1 aromatic heterocycles. The zero-order chi connectivity index (χ0) is 10.1. The average Bonchev–Trinajstić information content (AvgIpc) is 2.75. The molecule has 1 aliphatic rings. The third-order valence-corrected chi connectivity index (χ3v) is 3.75. The second kappa shape index (κ2) is 3.59. The van der Waals surface area contributed by atoms with E-state index in [9.17, 15) is 0 Å². The van der Waals surface area contributed by atoms with Gasteiger partial charge in [0.05, 0.1) is 5.69 Å². The Balaban J connectivity index is 2.37. The number of hydrogen-bond acceptors (Lipinski definition) is 2. The number of aromatic nitrogens is 1. The maximum atomic E-state index is 5.31. The van der Waals surface area contributed by atoms with Gasteiger partial charge in [-0.25, -0.2) is 4.98 Å². The van der Waals surface area contributed by atoms with Gasteiger partial charge in [0.2, 0.25) is 0 Å². The third kappa shape index (κ3) is 1.49. The lowest BCUT2D eigenvalue weighted by atomic mass is 10.0. The van der Waals surface area contributed by atoms with Crippen molar-refractivity contribution in [1.82, 2.24) is 4.98 Å². The van der Waals surface area contributed by atoms with Gasteiger partial charge >= 0.3 is 0 Å². The summed E-state index contributed by atoms with van der Waals surface area (Å²) < 4.78 is 0. The lowest BCUT2D eigenvalue weighted by Crippen LogP contribution is -1.88. The second-order valence-corrected chi connectivity index (χ2v) is 4.64. The summed E-state index contributed by atoms with van der Waals surface area (Å²) in [6, 6.07) is 0. The Labute approximate surface area is 88.9 Å². The second-order valence-electron chi connectivity index (χ2n) is 3.78. The van der Waals surface area contributed by atoms with Crippen LogP contribution in [0.15, 0.2) is 11.0 Å². The number of rotatable bonds is 1. The fourth-order valence-electron chi connectivity index (χ4n) is 1.88. The molecule has 0 amide bonds. The summed E-state index contributed by atoms with van der Waals surface area (Å²) in [7, 11) is 0. The van der Waals surface area contributed by atoms with Gasteiger partial charge in [0, 0.05) is 5.38 Å². The first-order valence-electron chi connectivity index (χ1n) is 4.84. The van der Waals surface area contributed by atoms with Gasteiger partial charge in [0.15, 0.2) is 5.01 Å². The van der Waals surface area contributed by atoms with Gasteiger partial charge in [0.1, 0.15) is 0 Å². The molecule has 0 spiro atoms. The fourth-order valence-corrected chi connectivity index (χ4v) is 2.52. The smallest absolute Gasteiger partial charge is 0.167 e. The van der Waals surface area contributed by atoms with E-state index in [0.717, 1.165) is 17.1 Å². The molecule has 0 bridgehead atoms. The van der Waals surface area contributed by atoms with E-state index in [1.165, 1.54) is 17.6 Å². The standard InChI is InChI=1S/C12H13NS/c1-4-12-13-11(7-14-12)10-6-5-8(2)9(10)3/h1,7-8H,5-6H2,2-3H3/t8-/m0/s1. The molecule has 0 fully saturated rings. The van der Waals surface area contributed by atoms with Crippen LogP contribution in [0.4, 0.5) is 0 Å². The van der Waals surface area contributed by atoms with Crippen LogP contribution in [0.3, 0.4) is 0 Å². The maximum Gasteiger partial charge on any atom is 0.167 e. The van der Waals surface area contributed by atoms with Crippen molar-refractivity contribution in [2.45, 2.75) is 26.7 Å². The number of hydrogen-bond donors (Lipinski definition) is 0. The summed E-state index contributed by atoms with van der Waals surface area (Å²) in [4.78, 5) is 4.42. The van der Waals surface area contributed by atoms with E-state index in [4.69, 9.17) is 6.42 Å². The van der Waals surface area contributed by atoms with E-state index < -0.39 is 0 Å². The van der Waals surface area contributed by atoms with Crippen molar-refractivity contribution in [3.63, 3.8) is 0 Å². The van der Waals surface area contributed by atoms with Crippen molar-refractivity contribution in [3.8, 4) is 12.3 Å². The van der Waals surface area contributed by atoms with E-state index in [1.807, 2.05) is 0 Å². The molecule has 2 rings (SSSR count). The van der Waals surface area contributed by atoms with Crippen LogP contribution in [0.1, 0.15) is 37.4 Å². The van der Waals surface area contributed by atoms with Gasteiger partial charge in [0.25, 0.3) is 0 Å². The first kappa shape index (κ1) is 9.48. The lowest BCUT2D eigenvalue weighted by Gasteiger charge is -2.02. The van der Waals surface area contributed by atoms with E-state index in [-0.39, 0.29) is 0 Å². The monoisotopic (exact) mass is 203 g/mol. The highest BCUT2D eigenvalue weighted by atomic mass is 32.1. The molecule has 1 aliphatic carbocycles. The highest BCUT2D eigenvalue weighted by Crippen LogP contribution is 2.37. The van der Waals surface area contributed by atoms with Crippen LogP contribution in [0.5, 0.6) is 0 Å². The summed E-state index contributed by atoms with van der Waals surface area (Å²) in [5, 5.41) is 2.87. The predicted octanol–water partition coefficient (Wildman–Crippen LogP) is 3.33. The lowest BCUT2D eigenvalue weighted by molar-refractivity contribution is 0.671. The normalized spacial score (nSPS) is 21.4. The Bertz CT molecular complexity index is 420. The molecule has 14 heavy (non-hydrogen) atoms. The third-order valence-electron chi connectivity index (χ3n) is 2.98. The molecule has 0 N–H and O–H groups in total. The predicted molar refractivity (Wildman–Crippen MR) is 61.0 cm³/mol. The van der Waals surface area contributed by atoms with Gasteiger partial charge in [-0.15, -0.1) is 17.8 Å². The van der Waals surface area contributed by atoms with Gasteiger partial charge in [-0.3, -0.25) is 0 Å². The van der Waals surface area contributed by atoms with Crippen LogP contribution >= 0.6 is 11.3 Å². The van der Waals surface area contributed by atoms with Crippen LogP contribution in [0.2, 0.25) is 0 Å². The summed E-state index contributed by atoms with van der Waals surface area (Å²) in [5.74, 6) is 3.29. The van der Waals surface area contributed by atoms with E-state index in [1.54, 1.807) is 11.3 Å². The van der Waals surface area contributed by atoms with E-state index in [0.29, 0.717) is 5.92 Å². The largest absolute Gasteiger partial charge is 0.228 e. The van der Waals surface area contributed by atoms with Crippen LogP contribution in [-0.4, -0.2) is 4.98 Å². The molecule has 1 atom stereocenters. The highest BCUT2D eigenvalue weighted by Gasteiger charge is 2.20. The quantitative estimate of drug-likeness (QED) is 0.638. The fraction of sp³-hybridized carbons (Fsp3) is 0.417. The van der Waals surface area contributed by atoms with Crippen molar-refractivity contribution in [3.05, 3.63) is 21.7 Å². The molecule has 0 radical (unpaired) electrons. The molecule has 1 heterocycles. The summed E-state index contributed by atoms with van der Waals surface area (Å²) in [6.45, 7) is 4.48. The molecular weight excluding hydrogens is 190 g/mol. The van der Waals surface area contributed by atoms with Crippen molar-refractivity contribution in [2.24, 2.45) is 5.92 Å². The van der Waals surface area contributed by atoms with E-state index in [2.05, 4.69) is 30.1 Å². The maximum absolute atomic E-state index is 5.31. The van der Waals surface area contributed by atoms with E-state index >= 15 is 0 Å². The zero-order valence-corrected chi connectivity index (χ0v) is 9.32. The van der Waals surface area contributed by atoms with Crippen molar-refractivity contribution < 1.29 is 0 Å². The Hall–Kier alpha value is -1.07. The van der Waals surface area contributed by atoms with Crippen molar-refractivity contribution >= 4 is 16.9 Å². The highest BCUT2D eigenvalue weighted by molar-refractivity contribution is 7.10. The molecule has 0 aromatic carbocycles. The molecule has 2 heteroatoms. The Morgan fingerprint density at radius 3 is 2.93 bits per heavy atom. The summed E-state index contributed by atoms with van der Waals surface area (Å²) in [6.07, 6.45) is 7.71. The molecule has 72 valence electrons. The van der Waals surface area contributed by atoms with Crippen LogP contribution in [0.25, 0.3) is 5.57 Å². The molecule has 1 nitrogen and oxygen atoms in total. The molecule has 1 aromatic rings. The minimum Gasteiger partial charge on any atom is -0.228 e. The average molecular weight is 203 g/mol. The summed E-state index contributed by atoms with van der Waals surface area (Å²) >= 11 is 1.56. The molecule has 0 unspecified atom stereocenters.